The van der Waals surface area contributed by atoms with E-state index in [0.29, 0.717) is 31.6 Å². The molecular weight excluding hydrogens is 310 g/mol. The highest BCUT2D eigenvalue weighted by Crippen LogP contribution is 2.33. The summed E-state index contributed by atoms with van der Waals surface area (Å²) in [6.45, 7) is 0.858. The lowest BCUT2D eigenvalue weighted by atomic mass is 9.97. The summed E-state index contributed by atoms with van der Waals surface area (Å²) >= 11 is 0. The molecule has 1 heterocycles. The van der Waals surface area contributed by atoms with Crippen LogP contribution in [0.3, 0.4) is 0 Å². The third kappa shape index (κ3) is 3.35. The normalized spacial score (nSPS) is 19.0. The van der Waals surface area contributed by atoms with Crippen molar-refractivity contribution in [1.82, 2.24) is 0 Å². The van der Waals surface area contributed by atoms with Crippen LogP contribution in [0.15, 0.2) is 23.1 Å². The molecule has 9 heteroatoms. The summed E-state index contributed by atoms with van der Waals surface area (Å²) in [6, 6.07) is 3.81. The Hall–Kier alpha value is -2.16. The van der Waals surface area contributed by atoms with Gasteiger partial charge in [0.05, 0.1) is 15.7 Å². The van der Waals surface area contributed by atoms with Gasteiger partial charge in [-0.2, -0.15) is 0 Å². The molecule has 0 saturated carbocycles. The standard InChI is InChI=1S/C13H17N3O5S/c1-22(20,21)10-4-5-11(12(7-10)16(18)19)15-6-2-3-9(8-15)13(14)17/h4-5,7,9H,2-3,6,8H2,1H3,(H2,14,17)/t9-/m0/s1. The molecular formula is C13H17N3O5S. The molecule has 22 heavy (non-hydrogen) atoms. The third-order valence-corrected chi connectivity index (χ3v) is 4.85. The van der Waals surface area contributed by atoms with Crippen molar-refractivity contribution in [3.05, 3.63) is 28.3 Å². The fourth-order valence-electron chi connectivity index (χ4n) is 2.58. The van der Waals surface area contributed by atoms with Crippen molar-refractivity contribution < 1.29 is 18.1 Å². The van der Waals surface area contributed by atoms with Gasteiger partial charge in [-0.3, -0.25) is 14.9 Å². The Morgan fingerprint density at radius 3 is 2.68 bits per heavy atom. The zero-order chi connectivity index (χ0) is 16.5. The van der Waals surface area contributed by atoms with Gasteiger partial charge in [0, 0.05) is 25.4 Å². The SMILES string of the molecule is CS(=O)(=O)c1ccc(N2CCC[C@H](C(N)=O)C2)c([N+](=O)[O-])c1. The number of hydrogen-bond acceptors (Lipinski definition) is 6. The number of amides is 1. The van der Waals surface area contributed by atoms with E-state index in [0.717, 1.165) is 12.3 Å². The molecule has 0 aliphatic carbocycles. The molecule has 1 aromatic carbocycles. The summed E-state index contributed by atoms with van der Waals surface area (Å²) in [4.78, 5) is 23.6. The molecule has 0 aromatic heterocycles. The van der Waals surface area contributed by atoms with Crippen LogP contribution in [0.2, 0.25) is 0 Å². The topological polar surface area (TPSA) is 124 Å². The van der Waals surface area contributed by atoms with Crippen LogP contribution in [-0.2, 0) is 14.6 Å². The van der Waals surface area contributed by atoms with Gasteiger partial charge in [-0.1, -0.05) is 0 Å². The van der Waals surface area contributed by atoms with Crippen molar-refractivity contribution >= 4 is 27.1 Å². The van der Waals surface area contributed by atoms with Crippen LogP contribution >= 0.6 is 0 Å². The Balaban J connectivity index is 2.42. The molecule has 1 fully saturated rings. The molecule has 1 atom stereocenters. The van der Waals surface area contributed by atoms with E-state index in [1.54, 1.807) is 4.90 Å². The molecule has 0 bridgehead atoms. The highest BCUT2D eigenvalue weighted by molar-refractivity contribution is 7.90. The number of nitro benzene ring substituents is 1. The minimum absolute atomic E-state index is 0.105. The first-order valence-corrected chi connectivity index (χ1v) is 8.62. The summed E-state index contributed by atoms with van der Waals surface area (Å²) in [6.07, 6.45) is 2.34. The van der Waals surface area contributed by atoms with Crippen molar-refractivity contribution in [3.8, 4) is 0 Å². The molecule has 1 aliphatic rings. The van der Waals surface area contributed by atoms with Gasteiger partial charge >= 0.3 is 0 Å². The van der Waals surface area contributed by atoms with E-state index in [9.17, 15) is 23.3 Å². The van der Waals surface area contributed by atoms with Gasteiger partial charge in [-0.05, 0) is 25.0 Å². The summed E-state index contributed by atoms with van der Waals surface area (Å²) in [7, 11) is -3.53. The van der Waals surface area contributed by atoms with Gasteiger partial charge < -0.3 is 10.6 Å². The molecule has 1 amide bonds. The van der Waals surface area contributed by atoms with E-state index in [1.807, 2.05) is 0 Å². The zero-order valence-corrected chi connectivity index (χ0v) is 12.9. The quantitative estimate of drug-likeness (QED) is 0.641. The molecule has 0 unspecified atom stereocenters. The lowest BCUT2D eigenvalue weighted by Crippen LogP contribution is -2.41. The van der Waals surface area contributed by atoms with Crippen molar-refractivity contribution in [2.45, 2.75) is 17.7 Å². The largest absolute Gasteiger partial charge is 0.369 e. The second-order valence-corrected chi connectivity index (χ2v) is 7.38. The van der Waals surface area contributed by atoms with E-state index >= 15 is 0 Å². The second-order valence-electron chi connectivity index (χ2n) is 5.37. The van der Waals surface area contributed by atoms with Crippen molar-refractivity contribution in [2.24, 2.45) is 11.7 Å². The average Bonchev–Trinajstić information content (AvgIpc) is 2.45. The molecule has 8 nitrogen and oxygen atoms in total. The van der Waals surface area contributed by atoms with Gasteiger partial charge in [0.15, 0.2) is 9.84 Å². The smallest absolute Gasteiger partial charge is 0.293 e. The predicted octanol–water partition coefficient (Wildman–Crippen LogP) is 0.700. The van der Waals surface area contributed by atoms with E-state index in [1.165, 1.54) is 12.1 Å². The van der Waals surface area contributed by atoms with Gasteiger partial charge in [0.1, 0.15) is 5.69 Å². The van der Waals surface area contributed by atoms with E-state index in [2.05, 4.69) is 0 Å². The Morgan fingerprint density at radius 1 is 1.45 bits per heavy atom. The number of nitrogens with zero attached hydrogens (tertiary/aromatic N) is 2. The fraction of sp³-hybridized carbons (Fsp3) is 0.462. The van der Waals surface area contributed by atoms with Crippen molar-refractivity contribution in [1.29, 1.82) is 0 Å². The molecule has 120 valence electrons. The lowest BCUT2D eigenvalue weighted by molar-refractivity contribution is -0.384. The zero-order valence-electron chi connectivity index (χ0n) is 12.1. The van der Waals surface area contributed by atoms with Gasteiger partial charge in [0.25, 0.3) is 5.69 Å². The highest BCUT2D eigenvalue weighted by Gasteiger charge is 2.29. The van der Waals surface area contributed by atoms with Crippen LogP contribution in [0.4, 0.5) is 11.4 Å². The number of nitro groups is 1. The Bertz CT molecular complexity index is 716. The number of nitrogens with two attached hydrogens (primary N) is 1. The van der Waals surface area contributed by atoms with Gasteiger partial charge in [-0.15, -0.1) is 0 Å². The van der Waals surface area contributed by atoms with Gasteiger partial charge in [0.2, 0.25) is 5.91 Å². The highest BCUT2D eigenvalue weighted by atomic mass is 32.2. The summed E-state index contributed by atoms with van der Waals surface area (Å²) in [5, 5.41) is 11.3. The average molecular weight is 327 g/mol. The minimum atomic E-state index is -3.53. The molecule has 2 N–H and O–H groups in total. The van der Waals surface area contributed by atoms with E-state index in [-0.39, 0.29) is 16.5 Å². The van der Waals surface area contributed by atoms with Crippen molar-refractivity contribution in [2.75, 3.05) is 24.2 Å². The fourth-order valence-corrected chi connectivity index (χ4v) is 3.22. The first-order chi connectivity index (χ1) is 10.2. The van der Waals surface area contributed by atoms with Crippen molar-refractivity contribution in [3.63, 3.8) is 0 Å². The van der Waals surface area contributed by atoms with Crippen LogP contribution in [0, 0.1) is 16.0 Å². The molecule has 1 aliphatic heterocycles. The Kier molecular flexibility index (Phi) is 4.36. The number of rotatable bonds is 4. The molecule has 0 radical (unpaired) electrons. The number of carbonyl (C=O) groups is 1. The van der Waals surface area contributed by atoms with Crippen LogP contribution in [0.25, 0.3) is 0 Å². The number of anilines is 1. The molecule has 2 rings (SSSR count). The molecule has 1 saturated heterocycles. The number of primary amides is 1. The Morgan fingerprint density at radius 2 is 2.14 bits per heavy atom. The maximum atomic E-state index is 11.5. The van der Waals surface area contributed by atoms with Crippen LogP contribution in [0.5, 0.6) is 0 Å². The summed E-state index contributed by atoms with van der Waals surface area (Å²) in [5.41, 5.74) is 5.33. The summed E-state index contributed by atoms with van der Waals surface area (Å²) < 4.78 is 23.1. The molecule has 1 aromatic rings. The number of carbonyl (C=O) groups excluding carboxylic acids is 1. The first-order valence-electron chi connectivity index (χ1n) is 6.73. The maximum Gasteiger partial charge on any atom is 0.293 e. The van der Waals surface area contributed by atoms with Gasteiger partial charge in [-0.25, -0.2) is 8.42 Å². The number of piperidine rings is 1. The van der Waals surface area contributed by atoms with Crippen LogP contribution in [0.1, 0.15) is 12.8 Å². The molecule has 0 spiro atoms. The number of hydrogen-bond donors (Lipinski definition) is 1. The lowest BCUT2D eigenvalue weighted by Gasteiger charge is -2.32. The predicted molar refractivity (Wildman–Crippen MR) is 80.3 cm³/mol. The Labute approximate surface area is 128 Å². The number of sulfone groups is 1. The monoisotopic (exact) mass is 327 g/mol. The first kappa shape index (κ1) is 16.2. The summed E-state index contributed by atoms with van der Waals surface area (Å²) in [5.74, 6) is -0.789. The van der Waals surface area contributed by atoms with E-state index in [4.69, 9.17) is 5.73 Å². The maximum absolute atomic E-state index is 11.5. The third-order valence-electron chi connectivity index (χ3n) is 3.74. The minimum Gasteiger partial charge on any atom is -0.369 e. The van der Waals surface area contributed by atoms with E-state index < -0.39 is 20.7 Å². The second kappa shape index (κ2) is 5.91. The number of benzene rings is 1. The van der Waals surface area contributed by atoms with Crippen LogP contribution < -0.4 is 10.6 Å². The van der Waals surface area contributed by atoms with Crippen LogP contribution in [-0.4, -0.2) is 38.6 Å².